The quantitative estimate of drug-likeness (QED) is 0.567. The second kappa shape index (κ2) is 7.11. The first-order valence-electron chi connectivity index (χ1n) is 6.29. The van der Waals surface area contributed by atoms with E-state index in [1.807, 2.05) is 0 Å². The van der Waals surface area contributed by atoms with Crippen molar-refractivity contribution >= 4 is 17.8 Å². The summed E-state index contributed by atoms with van der Waals surface area (Å²) in [4.78, 5) is 36.5. The summed E-state index contributed by atoms with van der Waals surface area (Å²) in [5.41, 5.74) is -0.751. The van der Waals surface area contributed by atoms with E-state index >= 15 is 0 Å². The molecule has 1 atom stereocenters. The van der Waals surface area contributed by atoms with Gasteiger partial charge in [-0.05, 0) is 34.1 Å². The zero-order valence-corrected chi connectivity index (χ0v) is 12.5. The fourth-order valence-corrected chi connectivity index (χ4v) is 1.59. The summed E-state index contributed by atoms with van der Waals surface area (Å²) < 4.78 is 9.64. The third-order valence-corrected chi connectivity index (χ3v) is 2.41. The van der Waals surface area contributed by atoms with Crippen LogP contribution >= 0.6 is 0 Å². The molecule has 0 aliphatic rings. The van der Waals surface area contributed by atoms with Gasteiger partial charge in [-0.1, -0.05) is 6.92 Å². The minimum atomic E-state index is -0.961. The average molecular weight is 273 g/mol. The van der Waals surface area contributed by atoms with Crippen LogP contribution in [0.4, 0.5) is 0 Å². The summed E-state index contributed by atoms with van der Waals surface area (Å²) >= 11 is 0. The van der Waals surface area contributed by atoms with Crippen LogP contribution < -0.4 is 0 Å². The normalized spacial score (nSPS) is 12.5. The van der Waals surface area contributed by atoms with Crippen molar-refractivity contribution < 1.29 is 23.9 Å². The van der Waals surface area contributed by atoms with Crippen LogP contribution in [-0.4, -0.2) is 48.0 Å². The van der Waals surface area contributed by atoms with Gasteiger partial charge in [-0.15, -0.1) is 0 Å². The molecule has 0 bridgehead atoms. The third kappa shape index (κ3) is 5.28. The minimum absolute atomic E-state index is 0.228. The van der Waals surface area contributed by atoms with Crippen LogP contribution in [0.15, 0.2) is 0 Å². The first-order chi connectivity index (χ1) is 8.67. The average Bonchev–Trinajstić information content (AvgIpc) is 2.31. The van der Waals surface area contributed by atoms with E-state index in [0.29, 0.717) is 6.42 Å². The van der Waals surface area contributed by atoms with E-state index in [9.17, 15) is 14.4 Å². The summed E-state index contributed by atoms with van der Waals surface area (Å²) in [5.74, 6) is -2.33. The number of carbonyl (C=O) groups excluding carboxylic acids is 3. The molecule has 0 aromatic heterocycles. The Hall–Kier alpha value is -1.59. The predicted octanol–water partition coefficient (Wildman–Crippen LogP) is 1.13. The van der Waals surface area contributed by atoms with E-state index in [1.165, 1.54) is 12.0 Å². The Morgan fingerprint density at radius 2 is 1.68 bits per heavy atom. The first-order valence-corrected chi connectivity index (χ1v) is 6.29. The van der Waals surface area contributed by atoms with Gasteiger partial charge < -0.3 is 14.4 Å². The molecule has 19 heavy (non-hydrogen) atoms. The number of amides is 1. The lowest BCUT2D eigenvalue weighted by molar-refractivity contribution is -0.171. The van der Waals surface area contributed by atoms with Gasteiger partial charge in [0.25, 0.3) is 0 Å². The van der Waals surface area contributed by atoms with Gasteiger partial charge in [0.15, 0.2) is 0 Å². The van der Waals surface area contributed by atoms with Crippen LogP contribution in [0.3, 0.4) is 0 Å². The van der Waals surface area contributed by atoms with Crippen molar-refractivity contribution in [3.05, 3.63) is 0 Å². The van der Waals surface area contributed by atoms with E-state index in [4.69, 9.17) is 4.74 Å². The topological polar surface area (TPSA) is 72.9 Å². The molecule has 6 heteroatoms. The molecule has 0 N–H and O–H groups in total. The molecule has 0 saturated heterocycles. The molecule has 1 amide bonds. The second-order valence-corrected chi connectivity index (χ2v) is 5.04. The minimum Gasteiger partial charge on any atom is -0.467 e. The van der Waals surface area contributed by atoms with Crippen LogP contribution in [0.2, 0.25) is 0 Å². The molecule has 0 heterocycles. The number of ether oxygens (including phenoxy) is 2. The molecular formula is C13H23NO5. The molecule has 6 nitrogen and oxygen atoms in total. The van der Waals surface area contributed by atoms with Gasteiger partial charge in [0, 0.05) is 6.54 Å². The first kappa shape index (κ1) is 17.4. The molecule has 0 aliphatic carbocycles. The Bertz CT molecular complexity index is 345. The summed E-state index contributed by atoms with van der Waals surface area (Å²) in [7, 11) is 1.25. The molecule has 0 fully saturated rings. The number of esters is 2. The molecule has 0 aromatic carbocycles. The highest BCUT2D eigenvalue weighted by atomic mass is 16.6. The Labute approximate surface area is 114 Å². The van der Waals surface area contributed by atoms with Crippen LogP contribution in [0, 0.1) is 0 Å². The Balaban J connectivity index is 4.99. The molecule has 0 aliphatic heterocycles. The molecule has 110 valence electrons. The van der Waals surface area contributed by atoms with E-state index < -0.39 is 29.5 Å². The lowest BCUT2D eigenvalue weighted by atomic mass is 10.1. The van der Waals surface area contributed by atoms with Crippen molar-refractivity contribution in [3.63, 3.8) is 0 Å². The lowest BCUT2D eigenvalue weighted by Crippen LogP contribution is -2.49. The van der Waals surface area contributed by atoms with E-state index in [0.717, 1.165) is 0 Å². The van der Waals surface area contributed by atoms with E-state index in [2.05, 4.69) is 4.74 Å². The van der Waals surface area contributed by atoms with Crippen LogP contribution in [0.25, 0.3) is 0 Å². The van der Waals surface area contributed by atoms with Gasteiger partial charge >= 0.3 is 17.8 Å². The molecule has 0 radical (unpaired) electrons. The summed E-state index contributed by atoms with van der Waals surface area (Å²) in [5, 5.41) is 0. The Kier molecular flexibility index (Phi) is 6.52. The molecule has 0 spiro atoms. The maximum atomic E-state index is 12.0. The SMILES string of the molecule is CCC(C(=O)OC)N(CC)C(=O)C(=O)OC(C)(C)C. The number of rotatable bonds is 4. The van der Waals surface area contributed by atoms with Crippen LogP contribution in [0.1, 0.15) is 41.0 Å². The fraction of sp³-hybridized carbons (Fsp3) is 0.769. The van der Waals surface area contributed by atoms with Gasteiger partial charge in [-0.3, -0.25) is 4.79 Å². The van der Waals surface area contributed by atoms with Crippen molar-refractivity contribution in [2.45, 2.75) is 52.7 Å². The smallest absolute Gasteiger partial charge is 0.397 e. The number of likely N-dealkylation sites (N-methyl/N-ethyl adjacent to an activating group) is 1. The lowest BCUT2D eigenvalue weighted by Gasteiger charge is -2.28. The number of hydrogen-bond acceptors (Lipinski definition) is 5. The standard InChI is InChI=1S/C13H23NO5/c1-7-9(11(16)18-6)14(8-2)10(15)12(17)19-13(3,4)5/h9H,7-8H2,1-6H3. The Morgan fingerprint density at radius 1 is 1.16 bits per heavy atom. The summed E-state index contributed by atoms with van der Waals surface area (Å²) in [6, 6.07) is -0.769. The van der Waals surface area contributed by atoms with Gasteiger partial charge in [0.1, 0.15) is 11.6 Å². The zero-order chi connectivity index (χ0) is 15.2. The number of nitrogens with zero attached hydrogens (tertiary/aromatic N) is 1. The number of hydrogen-bond donors (Lipinski definition) is 0. The van der Waals surface area contributed by atoms with Crippen molar-refractivity contribution in [2.24, 2.45) is 0 Å². The highest BCUT2D eigenvalue weighted by Crippen LogP contribution is 2.11. The largest absolute Gasteiger partial charge is 0.467 e. The van der Waals surface area contributed by atoms with Crippen molar-refractivity contribution in [1.82, 2.24) is 4.90 Å². The zero-order valence-electron chi connectivity index (χ0n) is 12.5. The Morgan fingerprint density at radius 3 is 2.00 bits per heavy atom. The number of methoxy groups -OCH3 is 1. The summed E-state index contributed by atoms with van der Waals surface area (Å²) in [6.45, 7) is 8.68. The van der Waals surface area contributed by atoms with Crippen molar-refractivity contribution in [3.8, 4) is 0 Å². The molecular weight excluding hydrogens is 250 g/mol. The second-order valence-electron chi connectivity index (χ2n) is 5.04. The van der Waals surface area contributed by atoms with Gasteiger partial charge in [-0.25, -0.2) is 9.59 Å². The highest BCUT2D eigenvalue weighted by Gasteiger charge is 2.34. The highest BCUT2D eigenvalue weighted by molar-refractivity contribution is 6.32. The maximum absolute atomic E-state index is 12.0. The van der Waals surface area contributed by atoms with E-state index in [1.54, 1.807) is 34.6 Å². The van der Waals surface area contributed by atoms with Gasteiger partial charge in [0.05, 0.1) is 7.11 Å². The molecule has 0 rings (SSSR count). The van der Waals surface area contributed by atoms with Crippen molar-refractivity contribution in [2.75, 3.05) is 13.7 Å². The third-order valence-electron chi connectivity index (χ3n) is 2.41. The monoisotopic (exact) mass is 273 g/mol. The summed E-state index contributed by atoms with van der Waals surface area (Å²) in [6.07, 6.45) is 0.370. The molecule has 0 aromatic rings. The van der Waals surface area contributed by atoms with Crippen LogP contribution in [0.5, 0.6) is 0 Å². The van der Waals surface area contributed by atoms with Gasteiger partial charge in [0.2, 0.25) is 0 Å². The van der Waals surface area contributed by atoms with Crippen molar-refractivity contribution in [1.29, 1.82) is 0 Å². The maximum Gasteiger partial charge on any atom is 0.397 e. The number of carbonyl (C=O) groups is 3. The molecule has 1 unspecified atom stereocenters. The fourth-order valence-electron chi connectivity index (χ4n) is 1.59. The van der Waals surface area contributed by atoms with E-state index in [-0.39, 0.29) is 6.54 Å². The van der Waals surface area contributed by atoms with Gasteiger partial charge in [-0.2, -0.15) is 0 Å². The molecule has 0 saturated carbocycles. The predicted molar refractivity (Wildman–Crippen MR) is 69.3 cm³/mol. The van der Waals surface area contributed by atoms with Crippen LogP contribution in [-0.2, 0) is 23.9 Å².